The number of nitriles is 2. The van der Waals surface area contributed by atoms with Crippen LogP contribution in [0.4, 0.5) is 0 Å². The Kier molecular flexibility index (Phi) is 6.22. The fourth-order valence-corrected chi connectivity index (χ4v) is 9.56. The number of para-hydroxylation sites is 1. The molecular weight excluding hydrogens is 665 g/mol. The van der Waals surface area contributed by atoms with Gasteiger partial charge in [-0.3, -0.25) is 0 Å². The molecule has 11 rings (SSSR count). The summed E-state index contributed by atoms with van der Waals surface area (Å²) in [6.45, 7) is 0. The molecule has 244 valence electrons. The van der Waals surface area contributed by atoms with Gasteiger partial charge >= 0.3 is 0 Å². The van der Waals surface area contributed by atoms with Gasteiger partial charge in [-0.05, 0) is 76.5 Å². The van der Waals surface area contributed by atoms with Crippen molar-refractivity contribution in [2.24, 2.45) is 0 Å². The minimum absolute atomic E-state index is 0.492. The topological polar surface area (TPSA) is 57.4 Å². The first-order valence-corrected chi connectivity index (χ1v) is 18.4. The molecule has 0 amide bonds. The molecule has 5 heteroatoms. The first kappa shape index (κ1) is 29.5. The van der Waals surface area contributed by atoms with Crippen molar-refractivity contribution < 1.29 is 0 Å². The van der Waals surface area contributed by atoms with Crippen LogP contribution >= 0.6 is 11.3 Å². The van der Waals surface area contributed by atoms with Gasteiger partial charge in [0, 0.05) is 41.7 Å². The minimum atomic E-state index is 0.492. The predicted octanol–water partition coefficient (Wildman–Crippen LogP) is 12.8. The Balaban J connectivity index is 1.22. The van der Waals surface area contributed by atoms with Gasteiger partial charge in [-0.15, -0.1) is 11.3 Å². The smallest absolute Gasteiger partial charge is 0.101 e. The second-order valence-corrected chi connectivity index (χ2v) is 14.6. The average molecular weight is 691 g/mol. The Morgan fingerprint density at radius 1 is 0.396 bits per heavy atom. The highest BCUT2D eigenvalue weighted by Gasteiger charge is 2.23. The Bertz CT molecular complexity index is 3420. The van der Waals surface area contributed by atoms with E-state index in [0.29, 0.717) is 22.5 Å². The lowest BCUT2D eigenvalue weighted by molar-refractivity contribution is 1.12. The maximum Gasteiger partial charge on any atom is 0.101 e. The Labute approximate surface area is 307 Å². The van der Waals surface area contributed by atoms with Crippen LogP contribution in [-0.2, 0) is 0 Å². The van der Waals surface area contributed by atoms with Crippen LogP contribution in [0.25, 0.3) is 97.1 Å². The van der Waals surface area contributed by atoms with Crippen molar-refractivity contribution in [3.8, 4) is 34.6 Å². The highest BCUT2D eigenvalue weighted by Crippen LogP contribution is 2.43. The molecule has 0 atom stereocenters. The van der Waals surface area contributed by atoms with Gasteiger partial charge in [0.2, 0.25) is 0 Å². The summed E-state index contributed by atoms with van der Waals surface area (Å²) in [5.74, 6) is 0. The highest BCUT2D eigenvalue weighted by molar-refractivity contribution is 7.25. The molecule has 0 saturated heterocycles. The van der Waals surface area contributed by atoms with E-state index in [-0.39, 0.29) is 0 Å². The summed E-state index contributed by atoms with van der Waals surface area (Å²) in [4.78, 5) is 0. The van der Waals surface area contributed by atoms with E-state index in [1.54, 1.807) is 11.3 Å². The SMILES string of the molecule is N#Cc1cc(-n2c3ccc(-c4ccccc4)cc3c3c4ccccc4ccc32)c(C#N)cc1-n1c2ccccc2c2cc3sc4ccccc4c3cc21. The summed E-state index contributed by atoms with van der Waals surface area (Å²) in [6.07, 6.45) is 0. The Morgan fingerprint density at radius 3 is 1.83 bits per heavy atom. The number of hydrogen-bond donors (Lipinski definition) is 0. The minimum Gasteiger partial charge on any atom is -0.308 e. The molecule has 0 fully saturated rings. The van der Waals surface area contributed by atoms with Crippen LogP contribution in [0, 0.1) is 22.7 Å². The third kappa shape index (κ3) is 4.20. The summed E-state index contributed by atoms with van der Waals surface area (Å²) >= 11 is 1.80. The van der Waals surface area contributed by atoms with Crippen molar-refractivity contribution >= 4 is 85.9 Å². The van der Waals surface area contributed by atoms with E-state index < -0.39 is 0 Å². The van der Waals surface area contributed by atoms with Crippen molar-refractivity contribution in [2.45, 2.75) is 0 Å². The van der Waals surface area contributed by atoms with Crippen molar-refractivity contribution in [3.05, 3.63) is 169 Å². The summed E-state index contributed by atoms with van der Waals surface area (Å²) in [5, 5.41) is 31.0. The molecule has 0 N–H and O–H groups in total. The molecule has 0 spiro atoms. The van der Waals surface area contributed by atoms with Gasteiger partial charge in [0.05, 0.1) is 44.6 Å². The monoisotopic (exact) mass is 690 g/mol. The lowest BCUT2D eigenvalue weighted by Gasteiger charge is -2.16. The van der Waals surface area contributed by atoms with Crippen LogP contribution in [0.5, 0.6) is 0 Å². The molecule has 0 aliphatic rings. The second kappa shape index (κ2) is 11.2. The molecule has 8 aromatic carbocycles. The molecular formula is C48H26N4S. The fraction of sp³-hybridized carbons (Fsp3) is 0. The molecule has 3 heterocycles. The van der Waals surface area contributed by atoms with Crippen molar-refractivity contribution in [3.63, 3.8) is 0 Å². The van der Waals surface area contributed by atoms with Gasteiger partial charge in [0.1, 0.15) is 12.1 Å². The molecule has 11 aromatic rings. The van der Waals surface area contributed by atoms with E-state index in [2.05, 4.69) is 155 Å². The van der Waals surface area contributed by atoms with E-state index in [1.165, 1.54) is 20.2 Å². The number of hydrogen-bond acceptors (Lipinski definition) is 3. The van der Waals surface area contributed by atoms with Gasteiger partial charge in [0.25, 0.3) is 0 Å². The van der Waals surface area contributed by atoms with Crippen molar-refractivity contribution in [1.29, 1.82) is 10.5 Å². The normalized spacial score (nSPS) is 11.7. The van der Waals surface area contributed by atoms with Crippen LogP contribution in [0.1, 0.15) is 11.1 Å². The second-order valence-electron chi connectivity index (χ2n) is 13.5. The molecule has 0 saturated carbocycles. The number of rotatable bonds is 3. The third-order valence-electron chi connectivity index (χ3n) is 10.8. The van der Waals surface area contributed by atoms with Gasteiger partial charge in [-0.2, -0.15) is 10.5 Å². The highest BCUT2D eigenvalue weighted by atomic mass is 32.1. The van der Waals surface area contributed by atoms with E-state index in [0.717, 1.165) is 65.5 Å². The molecule has 3 aromatic heterocycles. The van der Waals surface area contributed by atoms with Crippen molar-refractivity contribution in [1.82, 2.24) is 9.13 Å². The fourth-order valence-electron chi connectivity index (χ4n) is 8.43. The summed E-state index contributed by atoms with van der Waals surface area (Å²) in [5.41, 5.74) is 8.59. The predicted molar refractivity (Wildman–Crippen MR) is 220 cm³/mol. The maximum atomic E-state index is 10.9. The lowest BCUT2D eigenvalue weighted by atomic mass is 10.0. The molecule has 0 unspecified atom stereocenters. The van der Waals surface area contributed by atoms with Gasteiger partial charge in [0.15, 0.2) is 0 Å². The lowest BCUT2D eigenvalue weighted by Crippen LogP contribution is -2.04. The summed E-state index contributed by atoms with van der Waals surface area (Å²) in [6, 6.07) is 60.0. The van der Waals surface area contributed by atoms with Crippen molar-refractivity contribution in [2.75, 3.05) is 0 Å². The Hall–Kier alpha value is -7.18. The van der Waals surface area contributed by atoms with Gasteiger partial charge in [-0.25, -0.2) is 0 Å². The van der Waals surface area contributed by atoms with E-state index in [1.807, 2.05) is 24.3 Å². The summed E-state index contributed by atoms with van der Waals surface area (Å²) in [7, 11) is 0. The molecule has 53 heavy (non-hydrogen) atoms. The quantitative estimate of drug-likeness (QED) is 0.185. The standard InChI is InChI=1S/C48H26N4S/c49-27-32-24-44(52-40-16-8-6-14-35(40)37-26-47-38(25-45(37)52)36-15-7-9-17-46(36)53-47)33(28-50)23-43(32)51-41-20-19-31(29-10-2-1-3-11-29)22-39(41)48-34-13-5-4-12-30(34)18-21-42(48)51/h1-26H. The largest absolute Gasteiger partial charge is 0.308 e. The van der Waals surface area contributed by atoms with Crippen LogP contribution in [0.2, 0.25) is 0 Å². The van der Waals surface area contributed by atoms with Gasteiger partial charge in [-0.1, -0.05) is 103 Å². The maximum absolute atomic E-state index is 10.9. The van der Waals surface area contributed by atoms with Crippen LogP contribution in [-0.4, -0.2) is 9.13 Å². The van der Waals surface area contributed by atoms with Crippen LogP contribution < -0.4 is 0 Å². The van der Waals surface area contributed by atoms with Crippen LogP contribution in [0.15, 0.2) is 158 Å². The zero-order valence-corrected chi connectivity index (χ0v) is 29.0. The van der Waals surface area contributed by atoms with Crippen LogP contribution in [0.3, 0.4) is 0 Å². The number of benzene rings is 8. The van der Waals surface area contributed by atoms with E-state index >= 15 is 0 Å². The number of thiophene rings is 1. The number of nitrogens with zero attached hydrogens (tertiary/aromatic N) is 4. The molecule has 0 aliphatic carbocycles. The van der Waals surface area contributed by atoms with Gasteiger partial charge < -0.3 is 9.13 Å². The Morgan fingerprint density at radius 2 is 1.04 bits per heavy atom. The third-order valence-corrected chi connectivity index (χ3v) is 11.9. The number of fused-ring (bicyclic) bond motifs is 11. The summed E-state index contributed by atoms with van der Waals surface area (Å²) < 4.78 is 6.81. The first-order valence-electron chi connectivity index (χ1n) is 17.5. The van der Waals surface area contributed by atoms with E-state index in [4.69, 9.17) is 0 Å². The van der Waals surface area contributed by atoms with E-state index in [9.17, 15) is 10.5 Å². The molecule has 0 aliphatic heterocycles. The molecule has 0 bridgehead atoms. The average Bonchev–Trinajstić information content (AvgIpc) is 3.86. The zero-order chi connectivity index (χ0) is 35.2. The number of aromatic nitrogens is 2. The molecule has 0 radical (unpaired) electrons. The zero-order valence-electron chi connectivity index (χ0n) is 28.2. The molecule has 4 nitrogen and oxygen atoms in total. The first-order chi connectivity index (χ1) is 26.2.